The number of hydrogen-bond acceptors (Lipinski definition) is 3. The Morgan fingerprint density at radius 1 is 1.44 bits per heavy atom. The lowest BCUT2D eigenvalue weighted by molar-refractivity contribution is 0.0452. The van der Waals surface area contributed by atoms with E-state index < -0.39 is 0 Å². The zero-order valence-corrected chi connectivity index (χ0v) is 10.8. The fourth-order valence-electron chi connectivity index (χ4n) is 2.20. The maximum atomic E-state index is 11.9. The first-order valence-corrected chi connectivity index (χ1v) is 6.31. The molecule has 1 fully saturated rings. The van der Waals surface area contributed by atoms with Gasteiger partial charge in [-0.3, -0.25) is 4.90 Å². The summed E-state index contributed by atoms with van der Waals surface area (Å²) in [5, 5.41) is 9.01. The van der Waals surface area contributed by atoms with Crippen molar-refractivity contribution in [3.05, 3.63) is 29.8 Å². The molecule has 1 N–H and O–H groups in total. The molecule has 4 heteroatoms. The molecule has 1 aliphatic heterocycles. The van der Waals surface area contributed by atoms with Crippen molar-refractivity contribution in [2.75, 3.05) is 18.1 Å². The summed E-state index contributed by atoms with van der Waals surface area (Å²) in [5.41, 5.74) is 2.05. The number of aliphatic hydroxyl groups excluding tert-OH is 1. The summed E-state index contributed by atoms with van der Waals surface area (Å²) >= 11 is 0. The number of aliphatic hydroxyl groups is 1. The van der Waals surface area contributed by atoms with Crippen molar-refractivity contribution in [1.82, 2.24) is 0 Å². The molecule has 1 amide bonds. The molecule has 1 heterocycles. The van der Waals surface area contributed by atoms with Crippen LogP contribution in [0.25, 0.3) is 0 Å². The van der Waals surface area contributed by atoms with Gasteiger partial charge < -0.3 is 9.84 Å². The highest BCUT2D eigenvalue weighted by atomic mass is 16.6. The normalized spacial score (nSPS) is 20.1. The second-order valence-electron chi connectivity index (χ2n) is 4.84. The van der Waals surface area contributed by atoms with Crippen LogP contribution in [0.3, 0.4) is 0 Å². The van der Waals surface area contributed by atoms with E-state index >= 15 is 0 Å². The molecular weight excluding hydrogens is 230 g/mol. The Labute approximate surface area is 107 Å². The number of ether oxygens (including phenoxy) is 1. The van der Waals surface area contributed by atoms with Crippen LogP contribution in [0.2, 0.25) is 0 Å². The van der Waals surface area contributed by atoms with Crippen molar-refractivity contribution >= 4 is 11.8 Å². The number of carbonyl (C=O) groups excluding carboxylic acids is 1. The van der Waals surface area contributed by atoms with Crippen molar-refractivity contribution in [2.24, 2.45) is 0 Å². The quantitative estimate of drug-likeness (QED) is 0.895. The number of para-hydroxylation sites is 1. The third kappa shape index (κ3) is 2.48. The van der Waals surface area contributed by atoms with E-state index in [-0.39, 0.29) is 18.8 Å². The smallest absolute Gasteiger partial charge is 0.414 e. The maximum absolute atomic E-state index is 11.9. The zero-order valence-electron chi connectivity index (χ0n) is 10.8. The molecule has 0 radical (unpaired) electrons. The maximum Gasteiger partial charge on any atom is 0.414 e. The van der Waals surface area contributed by atoms with E-state index in [1.807, 2.05) is 24.3 Å². The summed E-state index contributed by atoms with van der Waals surface area (Å²) < 4.78 is 5.17. The monoisotopic (exact) mass is 249 g/mol. The second-order valence-corrected chi connectivity index (χ2v) is 4.84. The number of benzene rings is 1. The van der Waals surface area contributed by atoms with Gasteiger partial charge in [0.05, 0.1) is 12.3 Å². The topological polar surface area (TPSA) is 49.8 Å². The van der Waals surface area contributed by atoms with Crippen LogP contribution in [0.1, 0.15) is 31.7 Å². The summed E-state index contributed by atoms with van der Waals surface area (Å²) in [6.07, 6.45) is -0.0670. The van der Waals surface area contributed by atoms with Gasteiger partial charge in [0.25, 0.3) is 0 Å². The van der Waals surface area contributed by atoms with Gasteiger partial charge in [0.1, 0.15) is 6.10 Å². The average Bonchev–Trinajstić information content (AvgIpc) is 2.38. The lowest BCUT2D eigenvalue weighted by atomic mass is 10.00. The minimum absolute atomic E-state index is 0.106. The minimum Gasteiger partial charge on any atom is -0.443 e. The predicted molar refractivity (Wildman–Crippen MR) is 69.8 cm³/mol. The van der Waals surface area contributed by atoms with Gasteiger partial charge in [-0.25, -0.2) is 4.79 Å². The highest BCUT2D eigenvalue weighted by Gasteiger charge is 2.29. The molecule has 1 saturated heterocycles. The van der Waals surface area contributed by atoms with E-state index in [0.29, 0.717) is 18.9 Å². The van der Waals surface area contributed by atoms with Crippen molar-refractivity contribution in [1.29, 1.82) is 0 Å². The molecule has 98 valence electrons. The Morgan fingerprint density at radius 2 is 2.17 bits per heavy atom. The lowest BCUT2D eigenvalue weighted by Gasteiger charge is -2.32. The Kier molecular flexibility index (Phi) is 3.87. The number of rotatable bonds is 3. The summed E-state index contributed by atoms with van der Waals surface area (Å²) in [4.78, 5) is 13.6. The van der Waals surface area contributed by atoms with E-state index in [9.17, 15) is 4.79 Å². The van der Waals surface area contributed by atoms with Crippen LogP contribution in [0.5, 0.6) is 0 Å². The molecule has 4 nitrogen and oxygen atoms in total. The van der Waals surface area contributed by atoms with Crippen LogP contribution < -0.4 is 4.90 Å². The number of amides is 1. The Bertz CT molecular complexity index is 431. The molecule has 0 bridgehead atoms. The Morgan fingerprint density at radius 3 is 2.78 bits per heavy atom. The van der Waals surface area contributed by atoms with Gasteiger partial charge in [0, 0.05) is 13.0 Å². The third-order valence-corrected chi connectivity index (χ3v) is 3.22. The van der Waals surface area contributed by atoms with Crippen LogP contribution in [0.4, 0.5) is 10.5 Å². The van der Waals surface area contributed by atoms with Gasteiger partial charge in [0.2, 0.25) is 0 Å². The van der Waals surface area contributed by atoms with Gasteiger partial charge in [0.15, 0.2) is 0 Å². The molecule has 1 aromatic rings. The van der Waals surface area contributed by atoms with Crippen LogP contribution >= 0.6 is 0 Å². The van der Waals surface area contributed by atoms with Gasteiger partial charge in [-0.05, 0) is 17.5 Å². The number of cyclic esters (lactones) is 1. The van der Waals surface area contributed by atoms with Crippen LogP contribution in [0.15, 0.2) is 24.3 Å². The number of nitrogens with zero attached hydrogens (tertiary/aromatic N) is 1. The van der Waals surface area contributed by atoms with E-state index in [1.54, 1.807) is 4.90 Å². The fourth-order valence-corrected chi connectivity index (χ4v) is 2.20. The molecular formula is C14H19NO3. The van der Waals surface area contributed by atoms with E-state index in [0.717, 1.165) is 11.3 Å². The number of anilines is 1. The minimum atomic E-state index is -0.367. The van der Waals surface area contributed by atoms with Gasteiger partial charge in [-0.15, -0.1) is 0 Å². The third-order valence-electron chi connectivity index (χ3n) is 3.22. The number of hydrogen-bond donors (Lipinski definition) is 1. The van der Waals surface area contributed by atoms with E-state index in [4.69, 9.17) is 9.84 Å². The van der Waals surface area contributed by atoms with E-state index in [2.05, 4.69) is 13.8 Å². The van der Waals surface area contributed by atoms with Gasteiger partial charge >= 0.3 is 6.09 Å². The molecule has 1 aliphatic rings. The number of carbonyl (C=O) groups is 1. The van der Waals surface area contributed by atoms with Crippen molar-refractivity contribution in [3.8, 4) is 0 Å². The Balaban J connectivity index is 2.24. The standard InChI is InChI=1S/C14H19NO3/c1-10(2)12-5-3-4-6-13(12)15-8-7-11(9-16)18-14(15)17/h3-6,10-11,16H,7-9H2,1-2H3. The van der Waals surface area contributed by atoms with Crippen LogP contribution in [0, 0.1) is 0 Å². The first-order chi connectivity index (χ1) is 8.63. The summed E-state index contributed by atoms with van der Waals surface area (Å²) in [6.45, 7) is 4.69. The lowest BCUT2D eigenvalue weighted by Crippen LogP contribution is -2.43. The predicted octanol–water partition coefficient (Wildman–Crippen LogP) is 2.52. The first-order valence-electron chi connectivity index (χ1n) is 6.31. The molecule has 0 saturated carbocycles. The Hall–Kier alpha value is -1.55. The van der Waals surface area contributed by atoms with Crippen molar-refractivity contribution < 1.29 is 14.6 Å². The second kappa shape index (κ2) is 5.40. The van der Waals surface area contributed by atoms with Gasteiger partial charge in [-0.2, -0.15) is 0 Å². The molecule has 0 spiro atoms. The highest BCUT2D eigenvalue weighted by molar-refractivity contribution is 5.89. The van der Waals surface area contributed by atoms with Crippen LogP contribution in [-0.2, 0) is 4.74 Å². The molecule has 0 aromatic heterocycles. The summed E-state index contributed by atoms with van der Waals surface area (Å²) in [7, 11) is 0. The van der Waals surface area contributed by atoms with Gasteiger partial charge in [-0.1, -0.05) is 32.0 Å². The van der Waals surface area contributed by atoms with E-state index in [1.165, 1.54) is 0 Å². The first kappa shape index (κ1) is 12.9. The van der Waals surface area contributed by atoms with Crippen LogP contribution in [-0.4, -0.2) is 30.5 Å². The summed E-state index contributed by atoms with van der Waals surface area (Å²) in [6, 6.07) is 7.87. The molecule has 1 unspecified atom stereocenters. The molecule has 0 aliphatic carbocycles. The van der Waals surface area contributed by atoms with Crippen molar-refractivity contribution in [3.63, 3.8) is 0 Å². The molecule has 1 aromatic carbocycles. The zero-order chi connectivity index (χ0) is 13.1. The fraction of sp³-hybridized carbons (Fsp3) is 0.500. The van der Waals surface area contributed by atoms with Crippen molar-refractivity contribution in [2.45, 2.75) is 32.3 Å². The molecule has 1 atom stereocenters. The average molecular weight is 249 g/mol. The molecule has 2 rings (SSSR count). The summed E-state index contributed by atoms with van der Waals surface area (Å²) in [5.74, 6) is 0.351. The highest BCUT2D eigenvalue weighted by Crippen LogP contribution is 2.29. The molecule has 18 heavy (non-hydrogen) atoms. The largest absolute Gasteiger partial charge is 0.443 e. The SMILES string of the molecule is CC(C)c1ccccc1N1CCC(CO)OC1=O.